The summed E-state index contributed by atoms with van der Waals surface area (Å²) in [5.41, 5.74) is 3.95. The molecule has 1 aromatic heterocycles. The third-order valence-corrected chi connectivity index (χ3v) is 6.44. The van der Waals surface area contributed by atoms with Gasteiger partial charge in [-0.3, -0.25) is 4.79 Å². The molecule has 6 nitrogen and oxygen atoms in total. The highest BCUT2D eigenvalue weighted by Crippen LogP contribution is 2.32. The number of carboxylic acids is 1. The first-order valence-electron chi connectivity index (χ1n) is 10.9. The van der Waals surface area contributed by atoms with Gasteiger partial charge in [0.25, 0.3) is 5.91 Å². The van der Waals surface area contributed by atoms with Crippen LogP contribution in [0.4, 0.5) is 10.8 Å². The quantitative estimate of drug-likeness (QED) is 0.348. The number of carboxylic acid groups (broad SMARTS) is 1. The van der Waals surface area contributed by atoms with E-state index in [4.69, 9.17) is 4.98 Å². The van der Waals surface area contributed by atoms with Crippen molar-refractivity contribution in [3.05, 3.63) is 101 Å². The molecule has 0 aliphatic carbocycles. The van der Waals surface area contributed by atoms with Gasteiger partial charge in [0.1, 0.15) is 6.04 Å². The summed E-state index contributed by atoms with van der Waals surface area (Å²) in [6, 6.07) is 25.4. The molecule has 4 aromatic rings. The first-order chi connectivity index (χ1) is 16.4. The van der Waals surface area contributed by atoms with Crippen molar-refractivity contribution >= 4 is 34.0 Å². The molecule has 0 spiro atoms. The number of anilines is 2. The van der Waals surface area contributed by atoms with E-state index in [1.54, 1.807) is 18.2 Å². The number of likely N-dealkylation sites (N-methyl/N-ethyl adjacent to an activating group) is 1. The number of aryl methyl sites for hydroxylation is 1. The molecule has 0 aliphatic rings. The van der Waals surface area contributed by atoms with Crippen molar-refractivity contribution in [3.63, 3.8) is 0 Å². The lowest BCUT2D eigenvalue weighted by Crippen LogP contribution is -2.43. The van der Waals surface area contributed by atoms with Crippen LogP contribution in [0.15, 0.2) is 84.9 Å². The zero-order chi connectivity index (χ0) is 24.1. The average molecular weight is 472 g/mol. The third kappa shape index (κ3) is 5.32. The molecule has 0 radical (unpaired) electrons. The Hall–Kier alpha value is -3.97. The summed E-state index contributed by atoms with van der Waals surface area (Å²) in [6.07, 6.45) is 0.233. The highest BCUT2D eigenvalue weighted by atomic mass is 32.1. The molecule has 1 amide bonds. The van der Waals surface area contributed by atoms with Gasteiger partial charge in [-0.1, -0.05) is 66.7 Å². The number of aliphatic carboxylic acids is 1. The van der Waals surface area contributed by atoms with Gasteiger partial charge >= 0.3 is 5.97 Å². The number of hydrogen-bond acceptors (Lipinski definition) is 5. The minimum absolute atomic E-state index is 0.233. The largest absolute Gasteiger partial charge is 0.480 e. The molecule has 4 rings (SSSR count). The fourth-order valence-electron chi connectivity index (χ4n) is 3.74. The molecule has 1 heterocycles. The van der Waals surface area contributed by atoms with Gasteiger partial charge in [-0.05, 0) is 30.7 Å². The molecular weight excluding hydrogens is 446 g/mol. The van der Waals surface area contributed by atoms with Crippen molar-refractivity contribution in [3.8, 4) is 11.3 Å². The monoisotopic (exact) mass is 471 g/mol. The highest BCUT2D eigenvalue weighted by Gasteiger charge is 2.27. The highest BCUT2D eigenvalue weighted by molar-refractivity contribution is 7.16. The standard InChI is InChI=1S/C27H25N3O3S/c1-18-24(20-12-7-4-8-13-20)29-27(34-18)28-22-15-9-14-21(17-22)25(31)30(2)23(26(32)33)16-19-10-5-3-6-11-19/h3-15,17,23H,16H2,1-2H3,(H,28,29)(H,32,33)/t23-/m0/s1. The van der Waals surface area contributed by atoms with Crippen LogP contribution in [0.25, 0.3) is 11.3 Å². The number of nitrogens with zero attached hydrogens (tertiary/aromatic N) is 2. The molecule has 3 aromatic carbocycles. The van der Waals surface area contributed by atoms with Gasteiger partial charge in [0.15, 0.2) is 5.13 Å². The summed E-state index contributed by atoms with van der Waals surface area (Å²) in [5.74, 6) is -1.40. The number of amides is 1. The first-order valence-corrected chi connectivity index (χ1v) is 11.7. The maximum atomic E-state index is 13.2. The Balaban J connectivity index is 1.51. The van der Waals surface area contributed by atoms with Crippen molar-refractivity contribution < 1.29 is 14.7 Å². The lowest BCUT2D eigenvalue weighted by Gasteiger charge is -2.25. The number of benzene rings is 3. The van der Waals surface area contributed by atoms with Gasteiger partial charge in [-0.25, -0.2) is 9.78 Å². The van der Waals surface area contributed by atoms with E-state index in [1.807, 2.05) is 73.7 Å². The second-order valence-electron chi connectivity index (χ2n) is 7.96. The zero-order valence-electron chi connectivity index (χ0n) is 18.9. The lowest BCUT2D eigenvalue weighted by atomic mass is 10.0. The predicted octanol–water partition coefficient (Wildman–Crippen LogP) is 5.63. The molecule has 7 heteroatoms. The smallest absolute Gasteiger partial charge is 0.326 e. The third-order valence-electron chi connectivity index (χ3n) is 5.55. The van der Waals surface area contributed by atoms with Gasteiger partial charge in [0.2, 0.25) is 0 Å². The topological polar surface area (TPSA) is 82.5 Å². The number of nitrogens with one attached hydrogen (secondary N) is 1. The zero-order valence-corrected chi connectivity index (χ0v) is 19.8. The molecule has 0 bridgehead atoms. The van der Waals surface area contributed by atoms with Crippen LogP contribution in [0, 0.1) is 6.92 Å². The van der Waals surface area contributed by atoms with E-state index in [1.165, 1.54) is 23.3 Å². The molecule has 34 heavy (non-hydrogen) atoms. The van der Waals surface area contributed by atoms with Crippen LogP contribution >= 0.6 is 11.3 Å². The number of thiazole rings is 1. The summed E-state index contributed by atoms with van der Waals surface area (Å²) in [5, 5.41) is 13.8. The van der Waals surface area contributed by atoms with Crippen molar-refractivity contribution in [1.29, 1.82) is 0 Å². The van der Waals surface area contributed by atoms with E-state index < -0.39 is 12.0 Å². The lowest BCUT2D eigenvalue weighted by molar-refractivity contribution is -0.141. The average Bonchev–Trinajstić information content (AvgIpc) is 3.22. The molecule has 2 N–H and O–H groups in total. The Labute approximate surface area is 202 Å². The summed E-state index contributed by atoms with van der Waals surface area (Å²) >= 11 is 1.54. The minimum Gasteiger partial charge on any atom is -0.480 e. The molecule has 172 valence electrons. The molecule has 0 fully saturated rings. The summed E-state index contributed by atoms with van der Waals surface area (Å²) < 4.78 is 0. The number of carbonyl (C=O) groups excluding carboxylic acids is 1. The molecule has 0 saturated carbocycles. The summed E-state index contributed by atoms with van der Waals surface area (Å²) in [6.45, 7) is 2.03. The Morgan fingerprint density at radius 3 is 2.35 bits per heavy atom. The molecule has 0 unspecified atom stereocenters. The predicted molar refractivity (Wildman–Crippen MR) is 136 cm³/mol. The minimum atomic E-state index is -1.04. The SMILES string of the molecule is Cc1sc(Nc2cccc(C(=O)N(C)[C@@H](Cc3ccccc3)C(=O)O)c2)nc1-c1ccccc1. The number of carbonyl (C=O) groups is 2. The Bertz CT molecular complexity index is 1290. The van der Waals surface area contributed by atoms with Gasteiger partial charge in [0.05, 0.1) is 5.69 Å². The van der Waals surface area contributed by atoms with Crippen molar-refractivity contribution in [1.82, 2.24) is 9.88 Å². The van der Waals surface area contributed by atoms with Crippen LogP contribution < -0.4 is 5.32 Å². The van der Waals surface area contributed by atoms with Crippen molar-refractivity contribution in [2.24, 2.45) is 0 Å². The maximum absolute atomic E-state index is 13.2. The molecule has 0 aliphatic heterocycles. The summed E-state index contributed by atoms with van der Waals surface area (Å²) in [4.78, 5) is 32.2. The van der Waals surface area contributed by atoms with E-state index in [2.05, 4.69) is 5.32 Å². The van der Waals surface area contributed by atoms with Crippen LogP contribution in [0.1, 0.15) is 20.8 Å². The van der Waals surface area contributed by atoms with Gasteiger partial charge < -0.3 is 15.3 Å². The van der Waals surface area contributed by atoms with Crippen LogP contribution in [-0.2, 0) is 11.2 Å². The van der Waals surface area contributed by atoms with Gasteiger partial charge in [-0.2, -0.15) is 0 Å². The van der Waals surface area contributed by atoms with E-state index >= 15 is 0 Å². The van der Waals surface area contributed by atoms with E-state index in [-0.39, 0.29) is 12.3 Å². The van der Waals surface area contributed by atoms with Crippen LogP contribution in [0.3, 0.4) is 0 Å². The van der Waals surface area contributed by atoms with Crippen LogP contribution in [-0.4, -0.2) is 40.0 Å². The first kappa shape index (κ1) is 23.2. The number of hydrogen-bond donors (Lipinski definition) is 2. The van der Waals surface area contributed by atoms with Crippen molar-refractivity contribution in [2.45, 2.75) is 19.4 Å². The van der Waals surface area contributed by atoms with E-state index in [0.29, 0.717) is 11.3 Å². The molecular formula is C27H25N3O3S. The maximum Gasteiger partial charge on any atom is 0.326 e. The Kier molecular flexibility index (Phi) is 7.04. The second-order valence-corrected chi connectivity index (χ2v) is 9.16. The summed E-state index contributed by atoms with van der Waals surface area (Å²) in [7, 11) is 1.53. The Morgan fingerprint density at radius 2 is 1.68 bits per heavy atom. The Morgan fingerprint density at radius 1 is 1.00 bits per heavy atom. The normalized spacial score (nSPS) is 11.6. The van der Waals surface area contributed by atoms with E-state index in [9.17, 15) is 14.7 Å². The van der Waals surface area contributed by atoms with Crippen LogP contribution in [0.5, 0.6) is 0 Å². The van der Waals surface area contributed by atoms with E-state index in [0.717, 1.165) is 26.8 Å². The molecule has 1 atom stereocenters. The number of aromatic nitrogens is 1. The fourth-order valence-corrected chi connectivity index (χ4v) is 4.60. The molecule has 0 saturated heterocycles. The van der Waals surface area contributed by atoms with Gasteiger partial charge in [0, 0.05) is 35.2 Å². The second kappa shape index (κ2) is 10.3. The van der Waals surface area contributed by atoms with Gasteiger partial charge in [-0.15, -0.1) is 11.3 Å². The van der Waals surface area contributed by atoms with Crippen molar-refractivity contribution in [2.75, 3.05) is 12.4 Å². The van der Waals surface area contributed by atoms with Crippen LogP contribution in [0.2, 0.25) is 0 Å². The number of rotatable bonds is 8. The fraction of sp³-hybridized carbons (Fsp3) is 0.148.